The van der Waals surface area contributed by atoms with Crippen LogP contribution in [0.5, 0.6) is 5.88 Å². The number of aryl methyl sites for hydroxylation is 2. The smallest absolute Gasteiger partial charge is 0.274 e. The largest absolute Gasteiger partial charge is 0.476 e. The Labute approximate surface area is 172 Å². The molecule has 30 heavy (non-hydrogen) atoms. The summed E-state index contributed by atoms with van der Waals surface area (Å²) in [5.41, 5.74) is 4.73. The molecule has 5 rings (SSSR count). The minimum Gasteiger partial charge on any atom is -0.476 e. The van der Waals surface area contributed by atoms with E-state index in [1.54, 1.807) is 34.6 Å². The molecule has 1 aliphatic heterocycles. The molecule has 9 heteroatoms. The van der Waals surface area contributed by atoms with Gasteiger partial charge in [-0.3, -0.25) is 14.6 Å². The first-order valence-electron chi connectivity index (χ1n) is 9.62. The van der Waals surface area contributed by atoms with Crippen molar-refractivity contribution in [2.45, 2.75) is 0 Å². The molecule has 0 spiro atoms. The molecule has 0 unspecified atom stereocenters. The number of H-pyrrole nitrogens is 1. The van der Waals surface area contributed by atoms with E-state index >= 15 is 0 Å². The second kappa shape index (κ2) is 6.87. The molecule has 2 bridgehead atoms. The van der Waals surface area contributed by atoms with E-state index in [1.807, 2.05) is 37.5 Å². The van der Waals surface area contributed by atoms with Crippen LogP contribution in [0, 0.1) is 0 Å². The molecule has 1 aromatic carbocycles. The number of hydrogen-bond donors (Lipinski definition) is 1. The predicted molar refractivity (Wildman–Crippen MR) is 113 cm³/mol. The minimum atomic E-state index is -0.160. The van der Waals surface area contributed by atoms with E-state index in [2.05, 4.69) is 26.5 Å². The maximum absolute atomic E-state index is 13.0. The van der Waals surface area contributed by atoms with Gasteiger partial charge in [0.2, 0.25) is 5.88 Å². The standard InChI is InChI=1S/C21H21N7O2/c1-26-8-9-30-21-16(11-22-28(21)3)13-4-6-17-15(10-13)18(24-23-17)7-5-14-12-27(2)25-19(14)20(26)29/h4-7,10-12H,8-9H2,1-3H3,(H,23,24)/b7-5+. The summed E-state index contributed by atoms with van der Waals surface area (Å²) in [6.07, 6.45) is 7.39. The number of rotatable bonds is 0. The minimum absolute atomic E-state index is 0.160. The van der Waals surface area contributed by atoms with Crippen LogP contribution in [0.4, 0.5) is 0 Å². The molecule has 152 valence electrons. The second-order valence-electron chi connectivity index (χ2n) is 7.37. The molecule has 9 nitrogen and oxygen atoms in total. The van der Waals surface area contributed by atoms with E-state index in [4.69, 9.17) is 4.74 Å². The fraction of sp³-hybridized carbons (Fsp3) is 0.238. The lowest BCUT2D eigenvalue weighted by atomic mass is 10.1. The molecule has 0 atom stereocenters. The van der Waals surface area contributed by atoms with Gasteiger partial charge in [0, 0.05) is 38.3 Å². The van der Waals surface area contributed by atoms with Gasteiger partial charge in [-0.15, -0.1) is 0 Å². The first-order valence-corrected chi connectivity index (χ1v) is 9.62. The van der Waals surface area contributed by atoms with Crippen LogP contribution < -0.4 is 4.74 Å². The molecule has 1 aliphatic rings. The number of likely N-dealkylation sites (N-methyl/N-ethyl adjacent to an activating group) is 1. The van der Waals surface area contributed by atoms with E-state index < -0.39 is 0 Å². The fourth-order valence-electron chi connectivity index (χ4n) is 3.65. The normalized spacial score (nSPS) is 15.4. The molecule has 0 radical (unpaired) electrons. The summed E-state index contributed by atoms with van der Waals surface area (Å²) >= 11 is 0. The summed E-state index contributed by atoms with van der Waals surface area (Å²) in [6, 6.07) is 6.09. The number of aromatic nitrogens is 6. The zero-order valence-corrected chi connectivity index (χ0v) is 17.0. The van der Waals surface area contributed by atoms with E-state index in [0.29, 0.717) is 24.7 Å². The van der Waals surface area contributed by atoms with Crippen molar-refractivity contribution in [1.82, 2.24) is 34.7 Å². The molecule has 0 saturated carbocycles. The number of ether oxygens (including phenoxy) is 1. The number of amides is 1. The van der Waals surface area contributed by atoms with E-state index in [9.17, 15) is 4.79 Å². The van der Waals surface area contributed by atoms with Crippen molar-refractivity contribution in [3.63, 3.8) is 0 Å². The lowest BCUT2D eigenvalue weighted by molar-refractivity contribution is 0.0765. The Morgan fingerprint density at radius 3 is 2.90 bits per heavy atom. The Morgan fingerprint density at radius 2 is 2.03 bits per heavy atom. The predicted octanol–water partition coefficient (Wildman–Crippen LogP) is 2.33. The maximum Gasteiger partial charge on any atom is 0.274 e. The second-order valence-corrected chi connectivity index (χ2v) is 7.37. The summed E-state index contributed by atoms with van der Waals surface area (Å²) in [5, 5.41) is 17.2. The molecule has 3 aromatic heterocycles. The van der Waals surface area contributed by atoms with Crippen LogP contribution in [0.3, 0.4) is 0 Å². The van der Waals surface area contributed by atoms with Crippen molar-refractivity contribution in [2.24, 2.45) is 14.1 Å². The van der Waals surface area contributed by atoms with Gasteiger partial charge < -0.3 is 9.64 Å². The summed E-state index contributed by atoms with van der Waals surface area (Å²) in [7, 11) is 5.39. The Balaban J connectivity index is 1.69. The molecule has 1 amide bonds. The van der Waals surface area contributed by atoms with Crippen LogP contribution in [-0.2, 0) is 14.1 Å². The van der Waals surface area contributed by atoms with E-state index in [1.165, 1.54) is 0 Å². The number of carbonyl (C=O) groups excluding carboxylic acids is 1. The highest BCUT2D eigenvalue weighted by atomic mass is 16.5. The third-order valence-electron chi connectivity index (χ3n) is 5.28. The summed E-state index contributed by atoms with van der Waals surface area (Å²) < 4.78 is 9.38. The average Bonchev–Trinajstić information content (AvgIpc) is 3.42. The van der Waals surface area contributed by atoms with Crippen LogP contribution in [0.15, 0.2) is 30.6 Å². The summed E-state index contributed by atoms with van der Waals surface area (Å²) in [4.78, 5) is 14.6. The average molecular weight is 403 g/mol. The number of benzene rings is 1. The molecule has 1 N–H and O–H groups in total. The maximum atomic E-state index is 13.0. The lowest BCUT2D eigenvalue weighted by Crippen LogP contribution is -2.31. The van der Waals surface area contributed by atoms with Crippen molar-refractivity contribution in [1.29, 1.82) is 0 Å². The number of aromatic amines is 1. The Bertz CT molecular complexity index is 1290. The van der Waals surface area contributed by atoms with Gasteiger partial charge in [0.1, 0.15) is 6.61 Å². The van der Waals surface area contributed by atoms with Gasteiger partial charge in [0.25, 0.3) is 5.91 Å². The van der Waals surface area contributed by atoms with Crippen molar-refractivity contribution >= 4 is 29.0 Å². The fourth-order valence-corrected chi connectivity index (χ4v) is 3.65. The summed E-state index contributed by atoms with van der Waals surface area (Å²) in [5.74, 6) is 0.496. The highest BCUT2D eigenvalue weighted by Crippen LogP contribution is 2.32. The van der Waals surface area contributed by atoms with Gasteiger partial charge in [0.15, 0.2) is 5.69 Å². The lowest BCUT2D eigenvalue weighted by Gasteiger charge is -2.17. The number of hydrogen-bond acceptors (Lipinski definition) is 5. The zero-order chi connectivity index (χ0) is 20.8. The highest BCUT2D eigenvalue weighted by molar-refractivity contribution is 5.98. The van der Waals surface area contributed by atoms with Crippen LogP contribution in [-0.4, -0.2) is 60.8 Å². The van der Waals surface area contributed by atoms with E-state index in [0.717, 1.165) is 33.3 Å². The number of carbonyl (C=O) groups is 1. The van der Waals surface area contributed by atoms with Crippen molar-refractivity contribution < 1.29 is 9.53 Å². The van der Waals surface area contributed by atoms with Gasteiger partial charge in [-0.2, -0.15) is 15.3 Å². The Hall–Kier alpha value is -3.88. The van der Waals surface area contributed by atoms with Crippen LogP contribution in [0.1, 0.15) is 21.7 Å². The van der Waals surface area contributed by atoms with Gasteiger partial charge in [-0.25, -0.2) is 4.68 Å². The molecule has 0 fully saturated rings. The topological polar surface area (TPSA) is 93.9 Å². The number of nitrogens with one attached hydrogen (secondary N) is 1. The van der Waals surface area contributed by atoms with E-state index in [-0.39, 0.29) is 5.91 Å². The van der Waals surface area contributed by atoms with Gasteiger partial charge in [-0.1, -0.05) is 6.07 Å². The Morgan fingerprint density at radius 1 is 1.17 bits per heavy atom. The number of nitrogens with zero attached hydrogens (tertiary/aromatic N) is 6. The Kier molecular flexibility index (Phi) is 4.16. The van der Waals surface area contributed by atoms with Crippen LogP contribution in [0.25, 0.3) is 34.2 Å². The monoisotopic (exact) mass is 403 g/mol. The molecule has 0 saturated heterocycles. The third kappa shape index (κ3) is 2.95. The summed E-state index contributed by atoms with van der Waals surface area (Å²) in [6.45, 7) is 0.760. The zero-order valence-electron chi connectivity index (χ0n) is 17.0. The highest BCUT2D eigenvalue weighted by Gasteiger charge is 2.20. The van der Waals surface area contributed by atoms with Crippen molar-refractivity contribution in [3.8, 4) is 17.0 Å². The quantitative estimate of drug-likeness (QED) is 0.486. The third-order valence-corrected chi connectivity index (χ3v) is 5.28. The molecular weight excluding hydrogens is 382 g/mol. The first kappa shape index (κ1) is 18.2. The van der Waals surface area contributed by atoms with Gasteiger partial charge in [-0.05, 0) is 29.8 Å². The van der Waals surface area contributed by atoms with Gasteiger partial charge >= 0.3 is 0 Å². The van der Waals surface area contributed by atoms with Crippen molar-refractivity contribution in [3.05, 3.63) is 47.5 Å². The SMILES string of the molecule is CN1CCOc2c(cnn2C)-c2ccc3[nH]nc(c3c2)/C=C/c2cn(C)nc2C1=O. The molecule has 0 aliphatic carbocycles. The van der Waals surface area contributed by atoms with Crippen LogP contribution >= 0.6 is 0 Å². The molecule has 4 heterocycles. The molecule has 4 aromatic rings. The van der Waals surface area contributed by atoms with Crippen molar-refractivity contribution in [2.75, 3.05) is 20.2 Å². The van der Waals surface area contributed by atoms with Gasteiger partial charge in [0.05, 0.1) is 29.5 Å². The molecular formula is C21H21N7O2. The first-order chi connectivity index (χ1) is 14.5. The van der Waals surface area contributed by atoms with Crippen LogP contribution in [0.2, 0.25) is 0 Å². The number of fused-ring (bicyclic) bond motifs is 4.